The Kier molecular flexibility index (Phi) is 7.30. The van der Waals surface area contributed by atoms with Gasteiger partial charge in [-0.05, 0) is 68.1 Å². The van der Waals surface area contributed by atoms with Crippen LogP contribution in [0, 0.1) is 13.8 Å². The Morgan fingerprint density at radius 1 is 1.06 bits per heavy atom. The van der Waals surface area contributed by atoms with E-state index >= 15 is 0 Å². The Balaban J connectivity index is 1.35. The number of hydrogen-bond acceptors (Lipinski definition) is 7. The smallest absolute Gasteiger partial charge is 0.338 e. The normalized spacial score (nSPS) is 15.1. The number of rotatable bonds is 6. The molecule has 0 atom stereocenters. The average Bonchev–Trinajstić information content (AvgIpc) is 3.01. The molecule has 8 nitrogen and oxygen atoms in total. The highest BCUT2D eigenvalue weighted by atomic mass is 32.2. The van der Waals surface area contributed by atoms with Crippen molar-refractivity contribution >= 4 is 48.6 Å². The van der Waals surface area contributed by atoms with Crippen molar-refractivity contribution in [3.8, 4) is 0 Å². The summed E-state index contributed by atoms with van der Waals surface area (Å²) in [5, 5.41) is 3.10. The minimum atomic E-state index is -3.59. The quantitative estimate of drug-likeness (QED) is 0.506. The highest BCUT2D eigenvalue weighted by molar-refractivity contribution is 7.89. The lowest BCUT2D eigenvalue weighted by atomic mass is 10.1. The zero-order valence-corrected chi connectivity index (χ0v) is 20.8. The van der Waals surface area contributed by atoms with E-state index in [4.69, 9.17) is 4.74 Å². The Labute approximate surface area is 203 Å². The summed E-state index contributed by atoms with van der Waals surface area (Å²) < 4.78 is 33.3. The lowest BCUT2D eigenvalue weighted by Crippen LogP contribution is -2.31. The molecule has 1 N–H and O–H groups in total. The molecule has 2 heterocycles. The molecule has 0 saturated carbocycles. The van der Waals surface area contributed by atoms with Gasteiger partial charge in [-0.2, -0.15) is 4.31 Å². The van der Waals surface area contributed by atoms with E-state index in [2.05, 4.69) is 10.3 Å². The summed E-state index contributed by atoms with van der Waals surface area (Å²) in [6.07, 6.45) is 3.76. The van der Waals surface area contributed by atoms with Gasteiger partial charge in [0.05, 0.1) is 20.7 Å². The zero-order chi connectivity index (χ0) is 24.3. The van der Waals surface area contributed by atoms with Gasteiger partial charge in [-0.3, -0.25) is 10.1 Å². The van der Waals surface area contributed by atoms with E-state index in [1.165, 1.54) is 39.9 Å². The third-order valence-electron chi connectivity index (χ3n) is 5.70. The number of nitrogens with one attached hydrogen (secondary N) is 1. The molecule has 1 fully saturated rings. The third kappa shape index (κ3) is 5.45. The zero-order valence-electron chi connectivity index (χ0n) is 19.2. The number of aromatic nitrogens is 1. The Morgan fingerprint density at radius 3 is 2.41 bits per heavy atom. The van der Waals surface area contributed by atoms with Crippen molar-refractivity contribution in [1.29, 1.82) is 0 Å². The van der Waals surface area contributed by atoms with E-state index in [0.717, 1.165) is 47.0 Å². The van der Waals surface area contributed by atoms with E-state index in [1.807, 2.05) is 26.0 Å². The number of aryl methyl sites for hydroxylation is 2. The van der Waals surface area contributed by atoms with Crippen molar-refractivity contribution in [2.24, 2.45) is 0 Å². The molecule has 3 aromatic rings. The van der Waals surface area contributed by atoms with Crippen LogP contribution in [0.5, 0.6) is 0 Å². The van der Waals surface area contributed by atoms with Crippen LogP contribution >= 0.6 is 11.3 Å². The lowest BCUT2D eigenvalue weighted by Gasteiger charge is -2.19. The summed E-state index contributed by atoms with van der Waals surface area (Å²) >= 11 is 1.36. The van der Waals surface area contributed by atoms with Gasteiger partial charge in [-0.1, -0.05) is 30.2 Å². The summed E-state index contributed by atoms with van der Waals surface area (Å²) in [6.45, 7) is 4.51. The van der Waals surface area contributed by atoms with Crippen LogP contribution in [-0.2, 0) is 19.6 Å². The van der Waals surface area contributed by atoms with Gasteiger partial charge in [0, 0.05) is 13.1 Å². The number of fused-ring (bicyclic) bond motifs is 1. The van der Waals surface area contributed by atoms with Crippen LogP contribution in [0.4, 0.5) is 5.13 Å². The van der Waals surface area contributed by atoms with Crippen molar-refractivity contribution in [3.05, 3.63) is 53.1 Å². The Hall–Kier alpha value is -2.82. The SMILES string of the molecule is Cc1cc(C)c2nc(NC(=O)COC(=O)c3ccc(S(=O)(=O)N4CCCCCC4)cc3)sc2c1. The van der Waals surface area contributed by atoms with Gasteiger partial charge < -0.3 is 4.74 Å². The molecule has 1 aliphatic rings. The van der Waals surface area contributed by atoms with Crippen molar-refractivity contribution in [3.63, 3.8) is 0 Å². The maximum atomic E-state index is 12.9. The standard InChI is InChI=1S/C24H27N3O5S2/c1-16-13-17(2)22-20(14-16)33-24(26-22)25-21(28)15-32-23(29)18-7-9-19(10-8-18)34(30,31)27-11-5-3-4-6-12-27/h7-10,13-14H,3-6,11-12,15H2,1-2H3,(H,25,26,28). The topological polar surface area (TPSA) is 106 Å². The molecule has 0 radical (unpaired) electrons. The van der Waals surface area contributed by atoms with E-state index in [-0.39, 0.29) is 10.5 Å². The number of amides is 1. The van der Waals surface area contributed by atoms with Crippen LogP contribution in [-0.4, -0.2) is 49.3 Å². The van der Waals surface area contributed by atoms with Gasteiger partial charge in [-0.15, -0.1) is 0 Å². The second-order valence-corrected chi connectivity index (χ2v) is 11.4. The Morgan fingerprint density at radius 2 is 1.74 bits per heavy atom. The van der Waals surface area contributed by atoms with E-state index in [1.54, 1.807) is 0 Å². The molecule has 0 unspecified atom stereocenters. The van der Waals surface area contributed by atoms with Crippen LogP contribution in [0.25, 0.3) is 10.2 Å². The largest absolute Gasteiger partial charge is 0.452 e. The maximum absolute atomic E-state index is 12.9. The third-order valence-corrected chi connectivity index (χ3v) is 8.53. The van der Waals surface area contributed by atoms with Crippen LogP contribution in [0.2, 0.25) is 0 Å². The lowest BCUT2D eigenvalue weighted by molar-refractivity contribution is -0.119. The van der Waals surface area contributed by atoms with Gasteiger partial charge in [0.25, 0.3) is 5.91 Å². The summed E-state index contributed by atoms with van der Waals surface area (Å²) in [6, 6.07) is 9.66. The first-order valence-electron chi connectivity index (χ1n) is 11.2. The summed E-state index contributed by atoms with van der Waals surface area (Å²) in [5.74, 6) is -1.20. The number of nitrogens with zero attached hydrogens (tertiary/aromatic N) is 2. The van der Waals surface area contributed by atoms with Crippen LogP contribution in [0.15, 0.2) is 41.3 Å². The number of carbonyl (C=O) groups excluding carboxylic acids is 2. The molecule has 0 aliphatic carbocycles. The molecule has 0 bridgehead atoms. The van der Waals surface area contributed by atoms with E-state index in [9.17, 15) is 18.0 Å². The minimum Gasteiger partial charge on any atom is -0.452 e. The fraction of sp³-hybridized carbons (Fsp3) is 0.375. The van der Waals surface area contributed by atoms with E-state index < -0.39 is 28.5 Å². The number of sulfonamides is 1. The highest BCUT2D eigenvalue weighted by Gasteiger charge is 2.25. The fourth-order valence-electron chi connectivity index (χ4n) is 3.99. The first-order chi connectivity index (χ1) is 16.2. The first kappa shape index (κ1) is 24.3. The minimum absolute atomic E-state index is 0.144. The molecular formula is C24H27N3O5S2. The number of thiazole rings is 1. The highest BCUT2D eigenvalue weighted by Crippen LogP contribution is 2.29. The van der Waals surface area contributed by atoms with Crippen LogP contribution < -0.4 is 5.32 Å². The number of esters is 1. The predicted molar refractivity (Wildman–Crippen MR) is 132 cm³/mol. The summed E-state index contributed by atoms with van der Waals surface area (Å²) in [5.41, 5.74) is 3.15. The molecule has 1 amide bonds. The summed E-state index contributed by atoms with van der Waals surface area (Å²) in [7, 11) is -3.59. The summed E-state index contributed by atoms with van der Waals surface area (Å²) in [4.78, 5) is 29.2. The Bertz CT molecular complexity index is 1310. The van der Waals surface area contributed by atoms with Crippen LogP contribution in [0.3, 0.4) is 0 Å². The molecule has 34 heavy (non-hydrogen) atoms. The van der Waals surface area contributed by atoms with Crippen molar-refractivity contribution < 1.29 is 22.7 Å². The van der Waals surface area contributed by atoms with Gasteiger partial charge in [-0.25, -0.2) is 18.2 Å². The van der Waals surface area contributed by atoms with Crippen molar-refractivity contribution in [2.45, 2.75) is 44.4 Å². The molecule has 180 valence electrons. The molecular weight excluding hydrogens is 474 g/mol. The number of anilines is 1. The molecule has 1 aromatic heterocycles. The monoisotopic (exact) mass is 501 g/mol. The molecule has 10 heteroatoms. The van der Waals surface area contributed by atoms with E-state index in [0.29, 0.717) is 18.2 Å². The number of carbonyl (C=O) groups is 2. The van der Waals surface area contributed by atoms with Gasteiger partial charge in [0.1, 0.15) is 0 Å². The molecule has 2 aromatic carbocycles. The van der Waals surface area contributed by atoms with Gasteiger partial charge >= 0.3 is 5.97 Å². The number of ether oxygens (including phenoxy) is 1. The maximum Gasteiger partial charge on any atom is 0.338 e. The second kappa shape index (κ2) is 10.2. The van der Waals surface area contributed by atoms with Crippen molar-refractivity contribution in [2.75, 3.05) is 25.0 Å². The van der Waals surface area contributed by atoms with Gasteiger partial charge in [0.2, 0.25) is 10.0 Å². The van der Waals surface area contributed by atoms with Crippen molar-refractivity contribution in [1.82, 2.24) is 9.29 Å². The molecule has 1 aliphatic heterocycles. The predicted octanol–water partition coefficient (Wildman–Crippen LogP) is 4.27. The first-order valence-corrected chi connectivity index (χ1v) is 13.4. The van der Waals surface area contributed by atoms with Gasteiger partial charge in [0.15, 0.2) is 11.7 Å². The molecule has 1 saturated heterocycles. The number of benzene rings is 2. The molecule has 4 rings (SSSR count). The average molecular weight is 502 g/mol. The second-order valence-electron chi connectivity index (χ2n) is 8.41. The van der Waals surface area contributed by atoms with Crippen LogP contribution in [0.1, 0.15) is 47.2 Å². The molecule has 0 spiro atoms. The fourth-order valence-corrected chi connectivity index (χ4v) is 6.56. The number of hydrogen-bond donors (Lipinski definition) is 1.